The van der Waals surface area contributed by atoms with Crippen molar-refractivity contribution in [3.63, 3.8) is 0 Å². The molecule has 0 aliphatic carbocycles. The van der Waals surface area contributed by atoms with Gasteiger partial charge < -0.3 is 20.4 Å². The monoisotopic (exact) mass is 479 g/mol. The van der Waals surface area contributed by atoms with E-state index in [1.165, 1.54) is 0 Å². The molecule has 0 bridgehead atoms. The van der Waals surface area contributed by atoms with Gasteiger partial charge in [0.2, 0.25) is 5.95 Å². The molecule has 3 rings (SSSR count). The zero-order chi connectivity index (χ0) is 19.1. The lowest BCUT2D eigenvalue weighted by Crippen LogP contribution is -2.27. The molecule has 26 heavy (non-hydrogen) atoms. The van der Waals surface area contributed by atoms with Gasteiger partial charge in [-0.05, 0) is 34.7 Å². The number of benzene rings is 1. The Morgan fingerprint density at radius 1 is 1.42 bits per heavy atom. The third kappa shape index (κ3) is 3.48. The number of hydrogen-bond acceptors (Lipinski definition) is 6. The molecular formula is C15H13F3IN5O2. The molecule has 0 fully saturated rings. The first kappa shape index (κ1) is 18.5. The molecule has 0 aliphatic heterocycles. The first-order valence-corrected chi connectivity index (χ1v) is 8.45. The van der Waals surface area contributed by atoms with Gasteiger partial charge in [-0.25, -0.2) is 9.78 Å². The van der Waals surface area contributed by atoms with E-state index in [9.17, 15) is 18.0 Å². The zero-order valence-electron chi connectivity index (χ0n) is 13.4. The van der Waals surface area contributed by atoms with Crippen molar-refractivity contribution in [2.45, 2.75) is 6.18 Å². The van der Waals surface area contributed by atoms with Crippen molar-refractivity contribution in [3.8, 4) is 0 Å². The fraction of sp³-hybridized carbons (Fsp3) is 0.267. The molecule has 2 heterocycles. The summed E-state index contributed by atoms with van der Waals surface area (Å²) in [6.07, 6.45) is -3.13. The van der Waals surface area contributed by atoms with Crippen LogP contribution in [0.15, 0.2) is 18.3 Å². The number of carbonyl (C=O) groups excluding carboxylic acids is 1. The maximum absolute atomic E-state index is 12.1. The molecule has 3 aromatic rings. The van der Waals surface area contributed by atoms with E-state index in [-0.39, 0.29) is 12.5 Å². The second-order valence-corrected chi connectivity index (χ2v) is 6.59. The second kappa shape index (κ2) is 6.78. The van der Waals surface area contributed by atoms with Crippen molar-refractivity contribution < 1.29 is 22.7 Å². The second-order valence-electron chi connectivity index (χ2n) is 5.43. The number of aromatic nitrogens is 3. The van der Waals surface area contributed by atoms with E-state index in [1.807, 2.05) is 29.9 Å². The number of ether oxygens (including phenoxy) is 1. The Kier molecular flexibility index (Phi) is 4.82. The van der Waals surface area contributed by atoms with Crippen LogP contribution in [0.1, 0.15) is 0 Å². The van der Waals surface area contributed by atoms with Crippen LogP contribution in [0.5, 0.6) is 0 Å². The molecule has 7 nitrogen and oxygen atoms in total. The molecule has 0 aliphatic rings. The molecule has 138 valence electrons. The molecular weight excluding hydrogens is 466 g/mol. The standard InChI is InChI=1S/C15H13F3IN5O2/c1-24-4-2-7-10-9(6-8(19)11(7)24)22-14(20)23-12(10)21-3-5-26-13(25)15(16,17)18/h2,4,6H,3,5H2,1H3,(H3,20,21,22,23). The lowest BCUT2D eigenvalue weighted by atomic mass is 10.1. The van der Waals surface area contributed by atoms with Gasteiger partial charge in [0.05, 0.1) is 23.0 Å². The molecule has 0 saturated carbocycles. The molecule has 0 saturated heterocycles. The number of nitrogens with two attached hydrogens (primary N) is 1. The summed E-state index contributed by atoms with van der Waals surface area (Å²) in [6, 6.07) is 3.75. The highest BCUT2D eigenvalue weighted by atomic mass is 127. The van der Waals surface area contributed by atoms with Gasteiger partial charge in [-0.1, -0.05) is 0 Å². The molecule has 3 N–H and O–H groups in total. The van der Waals surface area contributed by atoms with Crippen LogP contribution in [-0.2, 0) is 16.6 Å². The summed E-state index contributed by atoms with van der Waals surface area (Å²) in [5.74, 6) is -1.84. The average molecular weight is 479 g/mol. The fourth-order valence-corrected chi connectivity index (χ4v) is 3.57. The van der Waals surface area contributed by atoms with Gasteiger partial charge in [0.1, 0.15) is 12.4 Å². The number of nitrogens with zero attached hydrogens (tertiary/aromatic N) is 3. The largest absolute Gasteiger partial charge is 0.490 e. The minimum Gasteiger partial charge on any atom is -0.457 e. The highest BCUT2D eigenvalue weighted by Gasteiger charge is 2.40. The van der Waals surface area contributed by atoms with Crippen LogP contribution >= 0.6 is 22.6 Å². The number of aryl methyl sites for hydroxylation is 1. The van der Waals surface area contributed by atoms with Gasteiger partial charge >= 0.3 is 12.1 Å². The molecule has 0 spiro atoms. The van der Waals surface area contributed by atoms with Crippen molar-refractivity contribution in [2.75, 3.05) is 24.2 Å². The first-order valence-electron chi connectivity index (χ1n) is 7.37. The van der Waals surface area contributed by atoms with Crippen molar-refractivity contribution >= 4 is 62.1 Å². The third-order valence-electron chi connectivity index (χ3n) is 3.65. The number of esters is 1. The number of halogens is 4. The minimum atomic E-state index is -5.01. The number of alkyl halides is 3. The Morgan fingerprint density at radius 2 is 2.15 bits per heavy atom. The third-order valence-corrected chi connectivity index (χ3v) is 4.47. The van der Waals surface area contributed by atoms with E-state index >= 15 is 0 Å². The normalized spacial score (nSPS) is 11.9. The van der Waals surface area contributed by atoms with Gasteiger partial charge in [-0.2, -0.15) is 18.2 Å². The lowest BCUT2D eigenvalue weighted by molar-refractivity contribution is -0.199. The number of carbonyl (C=O) groups is 1. The summed E-state index contributed by atoms with van der Waals surface area (Å²) in [4.78, 5) is 19.1. The van der Waals surface area contributed by atoms with Crippen LogP contribution in [0.2, 0.25) is 0 Å². The molecule has 2 aromatic heterocycles. The minimum absolute atomic E-state index is 0.0263. The Morgan fingerprint density at radius 3 is 2.85 bits per heavy atom. The molecule has 11 heteroatoms. The lowest BCUT2D eigenvalue weighted by Gasteiger charge is -2.12. The maximum atomic E-state index is 12.1. The van der Waals surface area contributed by atoms with Crippen molar-refractivity contribution in [2.24, 2.45) is 7.05 Å². The Balaban J connectivity index is 1.91. The van der Waals surface area contributed by atoms with Gasteiger partial charge in [-0.3, -0.25) is 0 Å². The molecule has 0 amide bonds. The smallest absolute Gasteiger partial charge is 0.457 e. The Labute approximate surface area is 158 Å². The Bertz CT molecular complexity index is 1000. The van der Waals surface area contributed by atoms with Crippen LogP contribution in [0, 0.1) is 3.57 Å². The van der Waals surface area contributed by atoms with E-state index in [4.69, 9.17) is 5.73 Å². The van der Waals surface area contributed by atoms with Crippen molar-refractivity contribution in [1.29, 1.82) is 0 Å². The van der Waals surface area contributed by atoms with Crippen LogP contribution in [0.3, 0.4) is 0 Å². The predicted molar refractivity (Wildman–Crippen MR) is 98.6 cm³/mol. The highest BCUT2D eigenvalue weighted by Crippen LogP contribution is 2.33. The van der Waals surface area contributed by atoms with E-state index in [0.717, 1.165) is 14.5 Å². The van der Waals surface area contributed by atoms with Crippen LogP contribution in [0.4, 0.5) is 24.9 Å². The van der Waals surface area contributed by atoms with E-state index < -0.39 is 18.8 Å². The van der Waals surface area contributed by atoms with Gasteiger partial charge in [0.25, 0.3) is 0 Å². The van der Waals surface area contributed by atoms with Gasteiger partial charge in [-0.15, -0.1) is 0 Å². The Hall–Kier alpha value is -2.31. The topological polar surface area (TPSA) is 95.1 Å². The van der Waals surface area contributed by atoms with E-state index in [2.05, 4.69) is 42.6 Å². The zero-order valence-corrected chi connectivity index (χ0v) is 15.6. The number of anilines is 2. The van der Waals surface area contributed by atoms with Gasteiger partial charge in [0.15, 0.2) is 0 Å². The number of rotatable bonds is 4. The van der Waals surface area contributed by atoms with Gasteiger partial charge in [0, 0.05) is 22.2 Å². The summed E-state index contributed by atoms with van der Waals surface area (Å²) in [6.45, 7) is -0.528. The van der Waals surface area contributed by atoms with E-state index in [1.54, 1.807) is 0 Å². The fourth-order valence-electron chi connectivity index (χ4n) is 2.61. The SMILES string of the molecule is Cn1ccc2c3c(NCCOC(=O)C(F)(F)F)nc(N)nc3cc(I)c21. The quantitative estimate of drug-likeness (QED) is 0.340. The number of fused-ring (bicyclic) bond motifs is 3. The molecule has 1 aromatic carbocycles. The first-order chi connectivity index (χ1) is 12.2. The number of hydrogen-bond donors (Lipinski definition) is 2. The molecule has 0 atom stereocenters. The summed E-state index contributed by atoms with van der Waals surface area (Å²) in [5, 5.41) is 4.44. The average Bonchev–Trinajstić information content (AvgIpc) is 2.92. The molecule has 0 unspecified atom stereocenters. The molecule has 0 radical (unpaired) electrons. The van der Waals surface area contributed by atoms with Crippen LogP contribution < -0.4 is 11.1 Å². The highest BCUT2D eigenvalue weighted by molar-refractivity contribution is 14.1. The van der Waals surface area contributed by atoms with Crippen molar-refractivity contribution in [3.05, 3.63) is 21.9 Å². The van der Waals surface area contributed by atoms with Crippen LogP contribution in [0.25, 0.3) is 21.8 Å². The predicted octanol–water partition coefficient (Wildman–Crippen LogP) is 2.83. The summed E-state index contributed by atoms with van der Waals surface area (Å²) < 4.78 is 43.5. The van der Waals surface area contributed by atoms with Crippen LogP contribution in [-0.4, -0.2) is 39.8 Å². The van der Waals surface area contributed by atoms with Crippen molar-refractivity contribution in [1.82, 2.24) is 14.5 Å². The number of nitrogen functional groups attached to an aromatic ring is 1. The summed E-state index contributed by atoms with van der Waals surface area (Å²) in [5.41, 5.74) is 7.31. The summed E-state index contributed by atoms with van der Waals surface area (Å²) in [7, 11) is 1.90. The summed E-state index contributed by atoms with van der Waals surface area (Å²) >= 11 is 2.19. The number of nitrogens with one attached hydrogen (secondary N) is 1. The maximum Gasteiger partial charge on any atom is 0.490 e. The van der Waals surface area contributed by atoms with E-state index in [0.29, 0.717) is 16.7 Å².